The quantitative estimate of drug-likeness (QED) is 0.169. The van der Waals surface area contributed by atoms with Crippen LogP contribution in [0.15, 0.2) is 0 Å². The molecule has 0 aromatic rings. The summed E-state index contributed by atoms with van der Waals surface area (Å²) in [4.78, 5) is 0. The molecule has 0 saturated carbocycles. The molecule has 21 heavy (non-hydrogen) atoms. The summed E-state index contributed by atoms with van der Waals surface area (Å²) in [5.74, 6) is 0. The number of aliphatic hydroxyl groups is 1. The van der Waals surface area contributed by atoms with E-state index in [1.807, 2.05) is 0 Å². The maximum Gasteiger partial charge on any atom is 0.0781 e. The average molecular weight is 335 g/mol. The predicted molar refractivity (Wildman–Crippen MR) is 103 cm³/mol. The van der Waals surface area contributed by atoms with Crippen molar-refractivity contribution in [1.82, 2.24) is 0 Å². The van der Waals surface area contributed by atoms with Crippen LogP contribution < -0.4 is 0 Å². The van der Waals surface area contributed by atoms with Crippen LogP contribution in [0.25, 0.3) is 0 Å². The lowest BCUT2D eigenvalue weighted by molar-refractivity contribution is 0.278. The molecule has 0 aliphatic carbocycles. The second-order valence-corrected chi connectivity index (χ2v) is 8.55. The maximum absolute atomic E-state index is 9.05. The third-order valence-electron chi connectivity index (χ3n) is 4.18. The Balaban J connectivity index is 3.06. The third-order valence-corrected chi connectivity index (χ3v) is 4.91. The smallest absolute Gasteiger partial charge is 0.0781 e. The fourth-order valence-electron chi connectivity index (χ4n) is 2.68. The molecular formula is C18H38OS2. The topological polar surface area (TPSA) is 20.2 Å². The first-order valence-electron chi connectivity index (χ1n) is 9.18. The molecule has 0 fully saturated rings. The molecule has 1 N–H and O–H groups in total. The fraction of sp³-hybridized carbons (Fsp3) is 1.00. The van der Waals surface area contributed by atoms with Gasteiger partial charge in [-0.15, -0.1) is 0 Å². The standard InChI is InChI=1S/C18H38OS2/c1-2-3-4-5-6-7-8-9-10-11-12-13-14-15-16-18(20,21)17-19/h19-21H,2-17H2,1H3. The van der Waals surface area contributed by atoms with Gasteiger partial charge in [-0.2, -0.15) is 25.3 Å². The van der Waals surface area contributed by atoms with E-state index in [2.05, 4.69) is 32.2 Å². The van der Waals surface area contributed by atoms with Gasteiger partial charge in [-0.05, 0) is 6.42 Å². The molecule has 0 spiro atoms. The minimum absolute atomic E-state index is 0.0532. The number of rotatable bonds is 16. The first-order valence-corrected chi connectivity index (χ1v) is 10.1. The molecule has 0 atom stereocenters. The monoisotopic (exact) mass is 334 g/mol. The number of unbranched alkanes of at least 4 members (excludes halogenated alkanes) is 13. The van der Waals surface area contributed by atoms with Gasteiger partial charge in [0.25, 0.3) is 0 Å². The zero-order chi connectivity index (χ0) is 15.8. The Morgan fingerprint density at radius 3 is 1.29 bits per heavy atom. The zero-order valence-corrected chi connectivity index (χ0v) is 15.9. The molecule has 0 unspecified atom stereocenters. The lowest BCUT2D eigenvalue weighted by Gasteiger charge is -2.18. The number of thiol groups is 2. The van der Waals surface area contributed by atoms with E-state index >= 15 is 0 Å². The van der Waals surface area contributed by atoms with E-state index in [4.69, 9.17) is 5.11 Å². The molecular weight excluding hydrogens is 296 g/mol. The van der Waals surface area contributed by atoms with E-state index in [0.717, 1.165) is 12.8 Å². The van der Waals surface area contributed by atoms with Crippen LogP contribution in [0, 0.1) is 0 Å². The van der Waals surface area contributed by atoms with Gasteiger partial charge in [0, 0.05) is 0 Å². The average Bonchev–Trinajstić information content (AvgIpc) is 2.47. The third kappa shape index (κ3) is 16.9. The summed E-state index contributed by atoms with van der Waals surface area (Å²) in [5, 5.41) is 9.05. The van der Waals surface area contributed by atoms with Crippen molar-refractivity contribution in [3.05, 3.63) is 0 Å². The van der Waals surface area contributed by atoms with E-state index < -0.39 is 4.08 Å². The highest BCUT2D eigenvalue weighted by Crippen LogP contribution is 2.26. The van der Waals surface area contributed by atoms with Crippen molar-refractivity contribution in [2.75, 3.05) is 6.61 Å². The first kappa shape index (κ1) is 21.7. The Morgan fingerprint density at radius 1 is 0.619 bits per heavy atom. The van der Waals surface area contributed by atoms with Gasteiger partial charge < -0.3 is 5.11 Å². The lowest BCUT2D eigenvalue weighted by Crippen LogP contribution is -2.18. The van der Waals surface area contributed by atoms with Crippen LogP contribution in [0.5, 0.6) is 0 Å². The van der Waals surface area contributed by atoms with Crippen molar-refractivity contribution in [3.8, 4) is 0 Å². The largest absolute Gasteiger partial charge is 0.394 e. The molecule has 1 nitrogen and oxygen atoms in total. The molecule has 0 heterocycles. The summed E-state index contributed by atoms with van der Waals surface area (Å²) in [5.41, 5.74) is 0. The summed E-state index contributed by atoms with van der Waals surface area (Å²) in [6.07, 6.45) is 20.2. The van der Waals surface area contributed by atoms with Gasteiger partial charge >= 0.3 is 0 Å². The molecule has 0 aliphatic rings. The SMILES string of the molecule is CCCCCCCCCCCCCCCCC(S)(S)CO. The minimum atomic E-state index is -0.475. The van der Waals surface area contributed by atoms with Gasteiger partial charge in [-0.25, -0.2) is 0 Å². The molecule has 0 aliphatic heterocycles. The lowest BCUT2D eigenvalue weighted by atomic mass is 10.0. The van der Waals surface area contributed by atoms with Crippen LogP contribution in [-0.2, 0) is 0 Å². The summed E-state index contributed by atoms with van der Waals surface area (Å²) in [7, 11) is 0. The highest BCUT2D eigenvalue weighted by molar-refractivity contribution is 8.00. The fourth-order valence-corrected chi connectivity index (χ4v) is 3.00. The molecule has 0 amide bonds. The highest BCUT2D eigenvalue weighted by Gasteiger charge is 2.17. The van der Waals surface area contributed by atoms with Gasteiger partial charge in [0.05, 0.1) is 10.7 Å². The van der Waals surface area contributed by atoms with Gasteiger partial charge in [0.2, 0.25) is 0 Å². The first-order chi connectivity index (χ1) is 10.1. The zero-order valence-electron chi connectivity index (χ0n) is 14.2. The Hall–Kier alpha value is 0.660. The van der Waals surface area contributed by atoms with Gasteiger partial charge in [0.1, 0.15) is 0 Å². The summed E-state index contributed by atoms with van der Waals surface area (Å²) < 4.78 is -0.475. The van der Waals surface area contributed by atoms with Gasteiger partial charge in [-0.1, -0.05) is 96.8 Å². The van der Waals surface area contributed by atoms with E-state index in [-0.39, 0.29) is 6.61 Å². The van der Waals surface area contributed by atoms with E-state index in [1.165, 1.54) is 83.5 Å². The second-order valence-electron chi connectivity index (χ2n) is 6.49. The molecule has 0 aromatic carbocycles. The molecule has 3 heteroatoms. The molecule has 0 rings (SSSR count). The van der Waals surface area contributed by atoms with Crippen LogP contribution in [0.1, 0.15) is 103 Å². The van der Waals surface area contributed by atoms with Crippen molar-refractivity contribution in [3.63, 3.8) is 0 Å². The Bertz CT molecular complexity index is 207. The van der Waals surface area contributed by atoms with Crippen LogP contribution in [0.4, 0.5) is 0 Å². The summed E-state index contributed by atoms with van der Waals surface area (Å²) >= 11 is 8.64. The summed E-state index contributed by atoms with van der Waals surface area (Å²) in [6.45, 7) is 2.33. The number of aliphatic hydroxyl groups excluding tert-OH is 1. The molecule has 0 aromatic heterocycles. The Morgan fingerprint density at radius 2 is 0.952 bits per heavy atom. The Labute approximate surface area is 144 Å². The maximum atomic E-state index is 9.05. The van der Waals surface area contributed by atoms with E-state index in [0.29, 0.717) is 0 Å². The highest BCUT2D eigenvalue weighted by atomic mass is 32.2. The van der Waals surface area contributed by atoms with Crippen LogP contribution in [-0.4, -0.2) is 15.8 Å². The molecule has 128 valence electrons. The molecule has 0 bridgehead atoms. The van der Waals surface area contributed by atoms with Crippen LogP contribution in [0.3, 0.4) is 0 Å². The van der Waals surface area contributed by atoms with Crippen molar-refractivity contribution in [2.24, 2.45) is 0 Å². The van der Waals surface area contributed by atoms with Crippen LogP contribution >= 0.6 is 25.3 Å². The van der Waals surface area contributed by atoms with Crippen LogP contribution in [0.2, 0.25) is 0 Å². The van der Waals surface area contributed by atoms with Gasteiger partial charge in [-0.3, -0.25) is 0 Å². The second kappa shape index (κ2) is 15.6. The van der Waals surface area contributed by atoms with Crippen molar-refractivity contribution in [1.29, 1.82) is 0 Å². The van der Waals surface area contributed by atoms with Gasteiger partial charge in [0.15, 0.2) is 0 Å². The predicted octanol–water partition coefficient (Wildman–Crippen LogP) is 6.41. The number of hydrogen-bond donors (Lipinski definition) is 3. The number of hydrogen-bond acceptors (Lipinski definition) is 3. The normalized spacial score (nSPS) is 12.0. The van der Waals surface area contributed by atoms with Crippen molar-refractivity contribution in [2.45, 2.75) is 107 Å². The molecule has 0 radical (unpaired) electrons. The van der Waals surface area contributed by atoms with Crippen molar-refractivity contribution >= 4 is 25.3 Å². The molecule has 0 saturated heterocycles. The van der Waals surface area contributed by atoms with Crippen molar-refractivity contribution < 1.29 is 5.11 Å². The summed E-state index contributed by atoms with van der Waals surface area (Å²) in [6, 6.07) is 0. The van der Waals surface area contributed by atoms with E-state index in [9.17, 15) is 0 Å². The van der Waals surface area contributed by atoms with E-state index in [1.54, 1.807) is 0 Å². The minimum Gasteiger partial charge on any atom is -0.394 e. The Kier molecular flexibility index (Phi) is 16.0.